The van der Waals surface area contributed by atoms with Crippen LogP contribution in [0.3, 0.4) is 0 Å². The van der Waals surface area contributed by atoms with Crippen molar-refractivity contribution < 1.29 is 0 Å². The third kappa shape index (κ3) is 3.24. The third-order valence-electron chi connectivity index (χ3n) is 2.63. The van der Waals surface area contributed by atoms with Crippen LogP contribution >= 0.6 is 0 Å². The first-order valence-corrected chi connectivity index (χ1v) is 4.94. The Hall–Kier alpha value is -0.0400. The Morgan fingerprint density at radius 3 is 2.64 bits per heavy atom. The summed E-state index contributed by atoms with van der Waals surface area (Å²) in [7, 11) is 0. The van der Waals surface area contributed by atoms with E-state index in [0.717, 1.165) is 11.8 Å². The van der Waals surface area contributed by atoms with Crippen LogP contribution in [0.2, 0.25) is 0 Å². The lowest BCUT2D eigenvalue weighted by molar-refractivity contribution is 0.280. The van der Waals surface area contributed by atoms with Gasteiger partial charge in [-0.25, -0.2) is 0 Å². The molecule has 66 valence electrons. The first-order chi connectivity index (χ1) is 5.18. The number of nitrogens with two attached hydrogens (primary N) is 1. The minimum Gasteiger partial charge on any atom is -0.328 e. The Bertz CT molecular complexity index is 107. The van der Waals surface area contributed by atoms with E-state index >= 15 is 0 Å². The molecule has 0 saturated heterocycles. The maximum atomic E-state index is 5.90. The molecule has 0 bridgehead atoms. The molecule has 1 nitrogen and oxygen atoms in total. The Labute approximate surface area is 70.4 Å². The molecule has 1 aliphatic rings. The largest absolute Gasteiger partial charge is 0.328 e. The fourth-order valence-electron chi connectivity index (χ4n) is 2.21. The van der Waals surface area contributed by atoms with Crippen LogP contribution in [0.25, 0.3) is 0 Å². The van der Waals surface area contributed by atoms with Gasteiger partial charge in [-0.2, -0.15) is 0 Å². The minimum atomic E-state index is 0.507. The van der Waals surface area contributed by atoms with Crippen LogP contribution in [0.4, 0.5) is 0 Å². The van der Waals surface area contributed by atoms with E-state index in [0.29, 0.717) is 6.04 Å². The summed E-state index contributed by atoms with van der Waals surface area (Å²) in [5.41, 5.74) is 5.90. The smallest absolute Gasteiger partial charge is 0.00414 e. The molecule has 0 amide bonds. The van der Waals surface area contributed by atoms with E-state index in [-0.39, 0.29) is 0 Å². The molecule has 0 radical (unpaired) electrons. The van der Waals surface area contributed by atoms with E-state index in [1.165, 1.54) is 32.1 Å². The Balaban J connectivity index is 2.23. The summed E-state index contributed by atoms with van der Waals surface area (Å²) in [6.45, 7) is 4.61. The summed E-state index contributed by atoms with van der Waals surface area (Å²) in [6, 6.07) is 0.507. The molecule has 0 aromatic heterocycles. The molecule has 2 N–H and O–H groups in total. The van der Waals surface area contributed by atoms with Crippen LogP contribution in [0.5, 0.6) is 0 Å². The van der Waals surface area contributed by atoms with Crippen LogP contribution in [-0.4, -0.2) is 6.04 Å². The van der Waals surface area contributed by atoms with Crippen molar-refractivity contribution in [3.8, 4) is 0 Å². The first kappa shape index (κ1) is 9.05. The summed E-state index contributed by atoms with van der Waals surface area (Å²) >= 11 is 0. The van der Waals surface area contributed by atoms with E-state index in [4.69, 9.17) is 5.73 Å². The molecule has 1 unspecified atom stereocenters. The molecule has 2 atom stereocenters. The van der Waals surface area contributed by atoms with E-state index in [1.54, 1.807) is 0 Å². The Morgan fingerprint density at radius 1 is 1.36 bits per heavy atom. The molecule has 1 heteroatoms. The highest BCUT2D eigenvalue weighted by atomic mass is 14.6. The highest BCUT2D eigenvalue weighted by Crippen LogP contribution is 2.28. The van der Waals surface area contributed by atoms with Crippen molar-refractivity contribution in [2.75, 3.05) is 0 Å². The van der Waals surface area contributed by atoms with Gasteiger partial charge in [-0.15, -0.1) is 0 Å². The van der Waals surface area contributed by atoms with Crippen LogP contribution < -0.4 is 5.73 Å². The summed E-state index contributed by atoms with van der Waals surface area (Å²) in [4.78, 5) is 0. The molecule has 0 heterocycles. The van der Waals surface area contributed by atoms with E-state index in [2.05, 4.69) is 13.8 Å². The lowest BCUT2D eigenvalue weighted by atomic mass is 9.81. The van der Waals surface area contributed by atoms with Crippen molar-refractivity contribution in [1.29, 1.82) is 0 Å². The molecule has 1 fully saturated rings. The lowest BCUT2D eigenvalue weighted by Crippen LogP contribution is -2.28. The average molecular weight is 155 g/mol. The van der Waals surface area contributed by atoms with Gasteiger partial charge in [0, 0.05) is 6.04 Å². The SMILES string of the molecule is CC(C)C[C@H]1CCCC(N)C1. The van der Waals surface area contributed by atoms with E-state index in [9.17, 15) is 0 Å². The quantitative estimate of drug-likeness (QED) is 0.651. The van der Waals surface area contributed by atoms with Gasteiger partial charge in [-0.05, 0) is 31.1 Å². The summed E-state index contributed by atoms with van der Waals surface area (Å²) < 4.78 is 0. The maximum Gasteiger partial charge on any atom is 0.00414 e. The number of hydrogen-bond acceptors (Lipinski definition) is 1. The predicted molar refractivity (Wildman–Crippen MR) is 49.4 cm³/mol. The van der Waals surface area contributed by atoms with Gasteiger partial charge in [0.1, 0.15) is 0 Å². The van der Waals surface area contributed by atoms with Crippen LogP contribution in [0.1, 0.15) is 46.0 Å². The molecular weight excluding hydrogens is 134 g/mol. The normalized spacial score (nSPS) is 32.7. The van der Waals surface area contributed by atoms with Crippen molar-refractivity contribution in [3.05, 3.63) is 0 Å². The van der Waals surface area contributed by atoms with Crippen molar-refractivity contribution >= 4 is 0 Å². The van der Waals surface area contributed by atoms with Gasteiger partial charge in [0.05, 0.1) is 0 Å². The van der Waals surface area contributed by atoms with Gasteiger partial charge in [0.2, 0.25) is 0 Å². The molecule has 0 aliphatic heterocycles. The van der Waals surface area contributed by atoms with Gasteiger partial charge in [-0.1, -0.05) is 26.7 Å². The predicted octanol–water partition coefficient (Wildman–Crippen LogP) is 2.55. The Kier molecular flexibility index (Phi) is 3.38. The van der Waals surface area contributed by atoms with Gasteiger partial charge in [0.25, 0.3) is 0 Å². The van der Waals surface area contributed by atoms with Crippen LogP contribution in [-0.2, 0) is 0 Å². The average Bonchev–Trinajstić information content (AvgIpc) is 1.85. The van der Waals surface area contributed by atoms with Gasteiger partial charge < -0.3 is 5.73 Å². The third-order valence-corrected chi connectivity index (χ3v) is 2.63. The van der Waals surface area contributed by atoms with Crippen molar-refractivity contribution in [3.63, 3.8) is 0 Å². The second-order valence-electron chi connectivity index (χ2n) is 4.42. The molecule has 0 aromatic rings. The van der Waals surface area contributed by atoms with Gasteiger partial charge in [-0.3, -0.25) is 0 Å². The monoisotopic (exact) mass is 155 g/mol. The first-order valence-electron chi connectivity index (χ1n) is 4.94. The molecule has 0 spiro atoms. The zero-order chi connectivity index (χ0) is 8.27. The minimum absolute atomic E-state index is 0.507. The van der Waals surface area contributed by atoms with Crippen molar-refractivity contribution in [2.45, 2.75) is 52.0 Å². The van der Waals surface area contributed by atoms with E-state index in [1.807, 2.05) is 0 Å². The van der Waals surface area contributed by atoms with Gasteiger partial charge >= 0.3 is 0 Å². The standard InChI is InChI=1S/C10H21N/c1-8(2)6-9-4-3-5-10(11)7-9/h8-10H,3-7,11H2,1-2H3/t9-,10?/m1/s1. The second kappa shape index (κ2) is 4.10. The van der Waals surface area contributed by atoms with Gasteiger partial charge in [0.15, 0.2) is 0 Å². The summed E-state index contributed by atoms with van der Waals surface area (Å²) in [6.07, 6.45) is 6.70. The molecular formula is C10H21N. The number of hydrogen-bond donors (Lipinski definition) is 1. The zero-order valence-electron chi connectivity index (χ0n) is 7.84. The Morgan fingerprint density at radius 2 is 2.09 bits per heavy atom. The fourth-order valence-corrected chi connectivity index (χ4v) is 2.21. The van der Waals surface area contributed by atoms with Crippen molar-refractivity contribution in [1.82, 2.24) is 0 Å². The second-order valence-corrected chi connectivity index (χ2v) is 4.42. The van der Waals surface area contributed by atoms with E-state index < -0.39 is 0 Å². The molecule has 0 aromatic carbocycles. The molecule has 11 heavy (non-hydrogen) atoms. The summed E-state index contributed by atoms with van der Waals surface area (Å²) in [5, 5.41) is 0. The van der Waals surface area contributed by atoms with Crippen LogP contribution in [0, 0.1) is 11.8 Å². The maximum absolute atomic E-state index is 5.90. The molecule has 1 rings (SSSR count). The van der Waals surface area contributed by atoms with Crippen LogP contribution in [0.15, 0.2) is 0 Å². The molecule has 1 aliphatic carbocycles. The summed E-state index contributed by atoms with van der Waals surface area (Å²) in [5.74, 6) is 1.78. The fraction of sp³-hybridized carbons (Fsp3) is 1.00. The topological polar surface area (TPSA) is 26.0 Å². The molecule has 1 saturated carbocycles. The van der Waals surface area contributed by atoms with Crippen molar-refractivity contribution in [2.24, 2.45) is 17.6 Å². The number of rotatable bonds is 2. The highest BCUT2D eigenvalue weighted by molar-refractivity contribution is 4.75. The highest BCUT2D eigenvalue weighted by Gasteiger charge is 2.19. The zero-order valence-corrected chi connectivity index (χ0v) is 7.84. The lowest BCUT2D eigenvalue weighted by Gasteiger charge is -2.27.